The molecule has 0 atom stereocenters. The number of phenolic OH excluding ortho intramolecular Hbond substituents is 1. The molecule has 3 rings (SSSR count). The van der Waals surface area contributed by atoms with Crippen LogP contribution < -0.4 is 11.1 Å². The molecule has 0 saturated carbocycles. The fourth-order valence-corrected chi connectivity index (χ4v) is 3.85. The van der Waals surface area contributed by atoms with Gasteiger partial charge in [0.25, 0.3) is 0 Å². The van der Waals surface area contributed by atoms with Gasteiger partial charge < -0.3 is 25.9 Å². The summed E-state index contributed by atoms with van der Waals surface area (Å²) in [4.78, 5) is 22.7. The zero-order chi connectivity index (χ0) is 26.2. The van der Waals surface area contributed by atoms with E-state index in [0.717, 1.165) is 55.0 Å². The fourth-order valence-electron chi connectivity index (χ4n) is 3.85. The van der Waals surface area contributed by atoms with Crippen molar-refractivity contribution in [2.75, 3.05) is 38.5 Å². The highest BCUT2D eigenvalue weighted by atomic mass is 16.3. The number of rotatable bonds is 10. The second-order valence-electron chi connectivity index (χ2n) is 7.78. The van der Waals surface area contributed by atoms with E-state index in [1.54, 1.807) is 13.0 Å². The molecule has 6 nitrogen and oxygen atoms in total. The Morgan fingerprint density at radius 3 is 2.20 bits per heavy atom. The van der Waals surface area contributed by atoms with E-state index in [2.05, 4.69) is 29.8 Å². The lowest BCUT2D eigenvalue weighted by Crippen LogP contribution is -2.29. The van der Waals surface area contributed by atoms with Gasteiger partial charge in [-0.2, -0.15) is 0 Å². The van der Waals surface area contributed by atoms with Crippen LogP contribution in [0, 0.1) is 0 Å². The van der Waals surface area contributed by atoms with E-state index in [1.807, 2.05) is 67.5 Å². The summed E-state index contributed by atoms with van der Waals surface area (Å²) in [5, 5.41) is 14.1. The van der Waals surface area contributed by atoms with Crippen molar-refractivity contribution in [3.63, 3.8) is 0 Å². The van der Waals surface area contributed by atoms with E-state index in [-0.39, 0.29) is 11.5 Å². The van der Waals surface area contributed by atoms with Gasteiger partial charge in [0.15, 0.2) is 5.78 Å². The summed E-state index contributed by atoms with van der Waals surface area (Å²) in [6.07, 6.45) is 1.14. The van der Waals surface area contributed by atoms with Crippen LogP contribution in [-0.2, 0) is 4.79 Å². The molecule has 0 spiro atoms. The number of anilines is 1. The smallest absolute Gasteiger partial charge is 0.160 e. The number of nitrogens with zero attached hydrogens (tertiary/aromatic N) is 1. The highest BCUT2D eigenvalue weighted by Crippen LogP contribution is 2.36. The standard InChI is InChI=1S/C27H32N2O2.CH5N.CH2O/c1-4-16-29(5-2)17-15-28-23-12-14-27(31)26(19-23)25-18-22(11-13-24(25)20(3)30)21-9-7-6-8-10-21;2*1-2/h6-14,18-19,28,31H,4-5,15-17H2,1-3H3;2H2,1H3;1H2. The lowest BCUT2D eigenvalue weighted by atomic mass is 9.92. The summed E-state index contributed by atoms with van der Waals surface area (Å²) in [5.74, 6) is 0.143. The number of phenols is 1. The Balaban J connectivity index is 0.00000145. The summed E-state index contributed by atoms with van der Waals surface area (Å²) in [6, 6.07) is 21.4. The van der Waals surface area contributed by atoms with Crippen LogP contribution in [-0.4, -0.2) is 55.8 Å². The zero-order valence-electron chi connectivity index (χ0n) is 21.4. The predicted octanol–water partition coefficient (Wildman–Crippen LogP) is 5.46. The molecule has 0 heterocycles. The molecule has 6 heteroatoms. The van der Waals surface area contributed by atoms with Crippen LogP contribution in [0.25, 0.3) is 22.3 Å². The molecule has 35 heavy (non-hydrogen) atoms. The monoisotopic (exact) mass is 477 g/mol. The molecular formula is C29H39N3O3. The van der Waals surface area contributed by atoms with Crippen molar-refractivity contribution in [3.8, 4) is 28.0 Å². The first kappa shape index (κ1) is 29.6. The average molecular weight is 478 g/mol. The number of likely N-dealkylation sites (N-methyl/N-ethyl adjacent to an activating group) is 1. The number of hydrogen-bond acceptors (Lipinski definition) is 6. The van der Waals surface area contributed by atoms with Gasteiger partial charge in [0.05, 0.1) is 0 Å². The molecule has 0 fully saturated rings. The topological polar surface area (TPSA) is 95.7 Å². The summed E-state index contributed by atoms with van der Waals surface area (Å²) in [5.41, 5.74) is 9.52. The summed E-state index contributed by atoms with van der Waals surface area (Å²) in [7, 11) is 1.50. The number of nitrogens with two attached hydrogens (primary N) is 1. The van der Waals surface area contributed by atoms with E-state index in [9.17, 15) is 9.90 Å². The first-order chi connectivity index (χ1) is 17.0. The van der Waals surface area contributed by atoms with Gasteiger partial charge in [-0.15, -0.1) is 0 Å². The average Bonchev–Trinajstić information content (AvgIpc) is 2.91. The zero-order valence-corrected chi connectivity index (χ0v) is 21.4. The maximum atomic E-state index is 12.3. The molecule has 0 radical (unpaired) electrons. The second kappa shape index (κ2) is 16.2. The third kappa shape index (κ3) is 8.67. The summed E-state index contributed by atoms with van der Waals surface area (Å²) in [6.45, 7) is 11.8. The SMILES string of the molecule is C=O.CCCN(CC)CCNc1ccc(O)c(-c2cc(-c3ccccc3)ccc2C(C)=O)c1.CN. The van der Waals surface area contributed by atoms with Crippen LogP contribution in [0.5, 0.6) is 5.75 Å². The minimum absolute atomic E-state index is 0.0227. The second-order valence-corrected chi connectivity index (χ2v) is 7.78. The van der Waals surface area contributed by atoms with E-state index >= 15 is 0 Å². The van der Waals surface area contributed by atoms with Gasteiger partial charge in [-0.3, -0.25) is 4.79 Å². The first-order valence-electron chi connectivity index (χ1n) is 11.9. The lowest BCUT2D eigenvalue weighted by Gasteiger charge is -2.20. The molecule has 0 amide bonds. The highest BCUT2D eigenvalue weighted by Gasteiger charge is 2.15. The normalized spacial score (nSPS) is 10.0. The third-order valence-corrected chi connectivity index (χ3v) is 5.54. The lowest BCUT2D eigenvalue weighted by molar-refractivity contribution is -0.0980. The molecule has 0 unspecified atom stereocenters. The van der Waals surface area contributed by atoms with E-state index in [4.69, 9.17) is 4.79 Å². The number of carbonyl (C=O) groups is 2. The minimum Gasteiger partial charge on any atom is -0.507 e. The largest absolute Gasteiger partial charge is 0.507 e. The Morgan fingerprint density at radius 2 is 1.60 bits per heavy atom. The number of carbonyl (C=O) groups excluding carboxylic acids is 2. The maximum Gasteiger partial charge on any atom is 0.160 e. The van der Waals surface area contributed by atoms with Gasteiger partial charge in [-0.25, -0.2) is 0 Å². The molecule has 0 aliphatic carbocycles. The van der Waals surface area contributed by atoms with Crippen LogP contribution in [0.1, 0.15) is 37.6 Å². The highest BCUT2D eigenvalue weighted by molar-refractivity contribution is 6.02. The van der Waals surface area contributed by atoms with E-state index < -0.39 is 0 Å². The fraction of sp³-hybridized carbons (Fsp3) is 0.310. The van der Waals surface area contributed by atoms with Crippen molar-refractivity contribution < 1.29 is 14.7 Å². The molecule has 4 N–H and O–H groups in total. The summed E-state index contributed by atoms with van der Waals surface area (Å²) < 4.78 is 0. The van der Waals surface area contributed by atoms with Crippen molar-refractivity contribution in [3.05, 3.63) is 72.3 Å². The minimum atomic E-state index is -0.0227. The molecule has 0 saturated heterocycles. The van der Waals surface area contributed by atoms with Gasteiger partial charge in [-0.1, -0.05) is 56.3 Å². The molecule has 3 aromatic rings. The van der Waals surface area contributed by atoms with Gasteiger partial charge >= 0.3 is 0 Å². The number of Topliss-reactive ketones (excluding diaryl/α,β-unsaturated/α-hetero) is 1. The molecule has 0 bridgehead atoms. The van der Waals surface area contributed by atoms with Crippen LogP contribution >= 0.6 is 0 Å². The van der Waals surface area contributed by atoms with Crippen molar-refractivity contribution in [1.82, 2.24) is 4.90 Å². The Kier molecular flexibility index (Phi) is 13.7. The number of hydrogen-bond donors (Lipinski definition) is 3. The predicted molar refractivity (Wildman–Crippen MR) is 147 cm³/mol. The van der Waals surface area contributed by atoms with E-state index in [1.165, 1.54) is 7.05 Å². The quantitative estimate of drug-likeness (QED) is 0.265. The third-order valence-electron chi connectivity index (χ3n) is 5.54. The molecule has 0 aliphatic heterocycles. The molecule has 3 aromatic carbocycles. The number of benzene rings is 3. The Labute approximate surface area is 209 Å². The van der Waals surface area contributed by atoms with Crippen LogP contribution in [0.2, 0.25) is 0 Å². The van der Waals surface area contributed by atoms with Crippen molar-refractivity contribution in [1.29, 1.82) is 0 Å². The number of nitrogens with one attached hydrogen (secondary N) is 1. The van der Waals surface area contributed by atoms with Crippen LogP contribution in [0.4, 0.5) is 5.69 Å². The molecule has 188 valence electrons. The molecular weight excluding hydrogens is 438 g/mol. The van der Waals surface area contributed by atoms with Gasteiger partial charge in [-0.05, 0) is 74.4 Å². The van der Waals surface area contributed by atoms with Crippen LogP contribution in [0.15, 0.2) is 66.7 Å². The Hall–Kier alpha value is -3.48. The van der Waals surface area contributed by atoms with Gasteiger partial charge in [0.1, 0.15) is 12.5 Å². The maximum absolute atomic E-state index is 12.3. The van der Waals surface area contributed by atoms with E-state index in [0.29, 0.717) is 11.1 Å². The number of aromatic hydroxyl groups is 1. The Bertz CT molecular complexity index is 1040. The molecule has 0 aromatic heterocycles. The number of ketones is 1. The van der Waals surface area contributed by atoms with Gasteiger partial charge in [0.2, 0.25) is 0 Å². The van der Waals surface area contributed by atoms with Gasteiger partial charge in [0, 0.05) is 29.9 Å². The summed E-state index contributed by atoms with van der Waals surface area (Å²) >= 11 is 0. The van der Waals surface area contributed by atoms with Crippen molar-refractivity contribution in [2.24, 2.45) is 5.73 Å². The first-order valence-corrected chi connectivity index (χ1v) is 11.9. The van der Waals surface area contributed by atoms with Crippen LogP contribution in [0.3, 0.4) is 0 Å². The Morgan fingerprint density at radius 1 is 0.914 bits per heavy atom. The molecule has 0 aliphatic rings. The van der Waals surface area contributed by atoms with Crippen molar-refractivity contribution >= 4 is 18.3 Å². The van der Waals surface area contributed by atoms with Crippen molar-refractivity contribution in [2.45, 2.75) is 27.2 Å².